The molecule has 2 atom stereocenters. The number of piperazine rings is 1. The van der Waals surface area contributed by atoms with Gasteiger partial charge in [-0.3, -0.25) is 4.90 Å². The van der Waals surface area contributed by atoms with Crippen LogP contribution in [0.1, 0.15) is 34.1 Å². The lowest BCUT2D eigenvalue weighted by atomic mass is 9.87. The van der Waals surface area contributed by atoms with Gasteiger partial charge in [0.25, 0.3) is 0 Å². The maximum Gasteiger partial charge on any atom is 0.0600 e. The molecule has 16 heavy (non-hydrogen) atoms. The molecule has 0 bridgehead atoms. The zero-order valence-electron chi connectivity index (χ0n) is 11.5. The second kappa shape index (κ2) is 5.48. The Labute approximate surface area is 100 Å². The van der Waals surface area contributed by atoms with Gasteiger partial charge in [-0.2, -0.15) is 0 Å². The van der Waals surface area contributed by atoms with Crippen LogP contribution in [0.3, 0.4) is 0 Å². The van der Waals surface area contributed by atoms with Crippen molar-refractivity contribution in [3.63, 3.8) is 0 Å². The summed E-state index contributed by atoms with van der Waals surface area (Å²) in [6.45, 7) is 13.0. The molecule has 0 radical (unpaired) electrons. The predicted octanol–water partition coefficient (Wildman–Crippen LogP) is 1.42. The number of hydrogen-bond acceptors (Lipinski definition) is 3. The molecular formula is C13H28N2O. The Bertz CT molecular complexity index is 212. The summed E-state index contributed by atoms with van der Waals surface area (Å²) in [5, 5.41) is 10.0. The maximum atomic E-state index is 10.0. The highest BCUT2D eigenvalue weighted by Crippen LogP contribution is 2.22. The summed E-state index contributed by atoms with van der Waals surface area (Å²) >= 11 is 0. The van der Waals surface area contributed by atoms with Crippen LogP contribution in [0.2, 0.25) is 0 Å². The first kappa shape index (κ1) is 13.9. The first-order valence-corrected chi connectivity index (χ1v) is 6.41. The monoisotopic (exact) mass is 228 g/mol. The molecule has 1 saturated heterocycles. The Morgan fingerprint density at radius 2 is 1.94 bits per heavy atom. The minimum Gasteiger partial charge on any atom is -0.393 e. The third-order valence-electron chi connectivity index (χ3n) is 3.66. The smallest absolute Gasteiger partial charge is 0.0600 e. The van der Waals surface area contributed by atoms with E-state index in [1.807, 2.05) is 0 Å². The lowest BCUT2D eigenvalue weighted by Crippen LogP contribution is -2.51. The predicted molar refractivity (Wildman–Crippen MR) is 68.6 cm³/mol. The van der Waals surface area contributed by atoms with Gasteiger partial charge in [0.1, 0.15) is 0 Å². The Morgan fingerprint density at radius 1 is 1.31 bits per heavy atom. The highest BCUT2D eigenvalue weighted by molar-refractivity contribution is 4.80. The molecule has 2 unspecified atom stereocenters. The Balaban J connectivity index is 2.33. The van der Waals surface area contributed by atoms with Gasteiger partial charge in [0.2, 0.25) is 0 Å². The van der Waals surface area contributed by atoms with Crippen molar-refractivity contribution < 1.29 is 5.11 Å². The molecular weight excluding hydrogens is 200 g/mol. The van der Waals surface area contributed by atoms with Crippen LogP contribution in [-0.2, 0) is 0 Å². The lowest BCUT2D eigenvalue weighted by molar-refractivity contribution is 0.0298. The van der Waals surface area contributed by atoms with E-state index in [9.17, 15) is 5.11 Å². The molecule has 0 spiro atoms. The van der Waals surface area contributed by atoms with Gasteiger partial charge >= 0.3 is 0 Å². The second-order valence-electron chi connectivity index (χ2n) is 6.32. The van der Waals surface area contributed by atoms with E-state index >= 15 is 0 Å². The fraction of sp³-hybridized carbons (Fsp3) is 1.00. The molecule has 96 valence electrons. The minimum absolute atomic E-state index is 0.00974. The van der Waals surface area contributed by atoms with Gasteiger partial charge in [0.15, 0.2) is 0 Å². The molecule has 0 aromatic rings. The normalized spacial score (nSPS) is 27.0. The second-order valence-corrected chi connectivity index (χ2v) is 6.32. The summed E-state index contributed by atoms with van der Waals surface area (Å²) in [6, 6.07) is 0.617. The van der Waals surface area contributed by atoms with Crippen LogP contribution in [0, 0.1) is 5.41 Å². The van der Waals surface area contributed by atoms with Crippen LogP contribution in [0.4, 0.5) is 0 Å². The SMILES string of the molecule is CC1CN(C)CCN1CCC(O)C(C)(C)C. The van der Waals surface area contributed by atoms with Crippen molar-refractivity contribution in [1.82, 2.24) is 9.80 Å². The number of aliphatic hydroxyl groups excluding tert-OH is 1. The highest BCUT2D eigenvalue weighted by Gasteiger charge is 2.25. The topological polar surface area (TPSA) is 26.7 Å². The van der Waals surface area contributed by atoms with Crippen molar-refractivity contribution in [2.75, 3.05) is 33.2 Å². The van der Waals surface area contributed by atoms with Crippen molar-refractivity contribution in [3.05, 3.63) is 0 Å². The summed E-state index contributed by atoms with van der Waals surface area (Å²) in [5.41, 5.74) is 0.00974. The quantitative estimate of drug-likeness (QED) is 0.791. The standard InChI is InChI=1S/C13H28N2O/c1-11-10-14(5)8-9-15(11)7-6-12(16)13(2,3)4/h11-12,16H,6-10H2,1-5H3. The molecule has 3 nitrogen and oxygen atoms in total. The Kier molecular flexibility index (Phi) is 4.77. The summed E-state index contributed by atoms with van der Waals surface area (Å²) in [4.78, 5) is 4.87. The van der Waals surface area contributed by atoms with E-state index in [2.05, 4.69) is 44.5 Å². The molecule has 1 aliphatic heterocycles. The van der Waals surface area contributed by atoms with Crippen LogP contribution in [0.15, 0.2) is 0 Å². The molecule has 3 heteroatoms. The van der Waals surface area contributed by atoms with E-state index < -0.39 is 0 Å². The zero-order chi connectivity index (χ0) is 12.3. The molecule has 1 heterocycles. The van der Waals surface area contributed by atoms with Crippen molar-refractivity contribution in [1.29, 1.82) is 0 Å². The molecule has 0 amide bonds. The van der Waals surface area contributed by atoms with Crippen LogP contribution >= 0.6 is 0 Å². The summed E-state index contributed by atoms with van der Waals surface area (Å²) in [7, 11) is 2.18. The van der Waals surface area contributed by atoms with E-state index in [1.165, 1.54) is 0 Å². The first-order valence-electron chi connectivity index (χ1n) is 6.41. The largest absolute Gasteiger partial charge is 0.393 e. The van der Waals surface area contributed by atoms with E-state index in [4.69, 9.17) is 0 Å². The number of rotatable bonds is 3. The Morgan fingerprint density at radius 3 is 2.44 bits per heavy atom. The van der Waals surface area contributed by atoms with Crippen molar-refractivity contribution in [2.24, 2.45) is 5.41 Å². The van der Waals surface area contributed by atoms with E-state index in [-0.39, 0.29) is 11.5 Å². The van der Waals surface area contributed by atoms with Crippen molar-refractivity contribution in [2.45, 2.75) is 46.3 Å². The van der Waals surface area contributed by atoms with Gasteiger partial charge in [0.05, 0.1) is 6.10 Å². The van der Waals surface area contributed by atoms with Crippen LogP contribution in [0.5, 0.6) is 0 Å². The molecule has 1 fully saturated rings. The average Bonchev–Trinajstić information content (AvgIpc) is 2.14. The molecule has 1 N–H and O–H groups in total. The molecule has 0 aliphatic carbocycles. The highest BCUT2D eigenvalue weighted by atomic mass is 16.3. The third kappa shape index (κ3) is 4.04. The first-order chi connectivity index (χ1) is 7.30. The minimum atomic E-state index is -0.195. The summed E-state index contributed by atoms with van der Waals surface area (Å²) < 4.78 is 0. The van der Waals surface area contributed by atoms with Crippen LogP contribution in [0.25, 0.3) is 0 Å². The number of nitrogens with zero attached hydrogens (tertiary/aromatic N) is 2. The molecule has 0 aromatic heterocycles. The molecule has 1 aliphatic rings. The molecule has 1 rings (SSSR count). The Hall–Kier alpha value is -0.120. The average molecular weight is 228 g/mol. The van der Waals surface area contributed by atoms with Crippen LogP contribution < -0.4 is 0 Å². The van der Waals surface area contributed by atoms with Crippen molar-refractivity contribution >= 4 is 0 Å². The maximum absolute atomic E-state index is 10.0. The number of hydrogen-bond donors (Lipinski definition) is 1. The van der Waals surface area contributed by atoms with E-state index in [1.54, 1.807) is 0 Å². The molecule has 0 saturated carbocycles. The fourth-order valence-corrected chi connectivity index (χ4v) is 2.23. The van der Waals surface area contributed by atoms with Gasteiger partial charge in [-0.25, -0.2) is 0 Å². The van der Waals surface area contributed by atoms with Gasteiger partial charge < -0.3 is 10.0 Å². The van der Waals surface area contributed by atoms with Gasteiger partial charge in [-0.05, 0) is 25.8 Å². The van der Waals surface area contributed by atoms with Gasteiger partial charge in [-0.1, -0.05) is 20.8 Å². The number of aliphatic hydroxyl groups is 1. The van der Waals surface area contributed by atoms with Gasteiger partial charge in [-0.15, -0.1) is 0 Å². The van der Waals surface area contributed by atoms with Crippen LogP contribution in [-0.4, -0.2) is 60.3 Å². The zero-order valence-corrected chi connectivity index (χ0v) is 11.5. The summed E-state index contributed by atoms with van der Waals surface area (Å²) in [6.07, 6.45) is 0.691. The van der Waals surface area contributed by atoms with Gasteiger partial charge in [0, 0.05) is 32.2 Å². The summed E-state index contributed by atoms with van der Waals surface area (Å²) in [5.74, 6) is 0. The number of likely N-dealkylation sites (N-methyl/N-ethyl adjacent to an activating group) is 1. The molecule has 0 aromatic carbocycles. The van der Waals surface area contributed by atoms with E-state index in [0.29, 0.717) is 6.04 Å². The third-order valence-corrected chi connectivity index (χ3v) is 3.66. The van der Waals surface area contributed by atoms with E-state index in [0.717, 1.165) is 32.6 Å². The van der Waals surface area contributed by atoms with Crippen molar-refractivity contribution in [3.8, 4) is 0 Å². The lowest BCUT2D eigenvalue weighted by Gasteiger charge is -2.39. The fourth-order valence-electron chi connectivity index (χ4n) is 2.23.